The number of methoxy groups -OCH3 is 1. The molecule has 0 aromatic heterocycles. The van der Waals surface area contributed by atoms with Crippen molar-refractivity contribution >= 4 is 5.91 Å². The number of likely N-dealkylation sites (tertiary alicyclic amines) is 1. The van der Waals surface area contributed by atoms with E-state index in [0.29, 0.717) is 5.75 Å². The van der Waals surface area contributed by atoms with Crippen LogP contribution in [0.4, 0.5) is 0 Å². The van der Waals surface area contributed by atoms with Gasteiger partial charge in [-0.2, -0.15) is 0 Å². The Morgan fingerprint density at radius 1 is 0.917 bits per heavy atom. The van der Waals surface area contributed by atoms with E-state index in [-0.39, 0.29) is 17.4 Å². The molecular weight excluding hydrogens is 448 g/mol. The van der Waals surface area contributed by atoms with E-state index in [9.17, 15) is 4.79 Å². The van der Waals surface area contributed by atoms with Crippen LogP contribution in [0.3, 0.4) is 0 Å². The highest BCUT2D eigenvalue weighted by atomic mass is 16.5. The largest absolute Gasteiger partial charge is 0.493 e. The molecule has 1 heterocycles. The number of amides is 1. The molecule has 1 aliphatic heterocycles. The number of nitrogens with zero attached hydrogens (tertiary/aromatic N) is 1. The summed E-state index contributed by atoms with van der Waals surface area (Å²) in [5, 5.41) is 3.43. The van der Waals surface area contributed by atoms with Crippen LogP contribution in [0.5, 0.6) is 17.2 Å². The number of rotatable bonds is 8. The molecule has 1 amide bonds. The highest BCUT2D eigenvalue weighted by Crippen LogP contribution is 2.41. The van der Waals surface area contributed by atoms with Gasteiger partial charge >= 0.3 is 0 Å². The van der Waals surface area contributed by atoms with E-state index in [1.807, 2.05) is 42.5 Å². The van der Waals surface area contributed by atoms with Crippen LogP contribution in [-0.2, 0) is 16.8 Å². The van der Waals surface area contributed by atoms with Crippen molar-refractivity contribution in [3.63, 3.8) is 0 Å². The monoisotopic (exact) mass is 484 g/mol. The number of carbonyl (C=O) groups excluding carboxylic acids is 1. The van der Waals surface area contributed by atoms with Crippen molar-refractivity contribution < 1.29 is 14.3 Å². The maximum atomic E-state index is 13.5. The van der Waals surface area contributed by atoms with Crippen molar-refractivity contribution in [2.45, 2.75) is 56.5 Å². The average Bonchev–Trinajstić information content (AvgIpc) is 3.42. The van der Waals surface area contributed by atoms with Crippen LogP contribution in [0.25, 0.3) is 0 Å². The number of para-hydroxylation sites is 2. The molecule has 0 radical (unpaired) electrons. The third-order valence-corrected chi connectivity index (χ3v) is 7.74. The van der Waals surface area contributed by atoms with Gasteiger partial charge in [0, 0.05) is 25.7 Å². The third-order valence-electron chi connectivity index (χ3n) is 7.74. The van der Waals surface area contributed by atoms with Gasteiger partial charge in [-0.25, -0.2) is 0 Å². The fourth-order valence-electron chi connectivity index (χ4n) is 5.74. The molecule has 5 rings (SSSR count). The zero-order valence-corrected chi connectivity index (χ0v) is 21.1. The minimum Gasteiger partial charge on any atom is -0.493 e. The number of benzene rings is 3. The predicted molar refractivity (Wildman–Crippen MR) is 143 cm³/mol. The van der Waals surface area contributed by atoms with E-state index in [1.165, 1.54) is 11.1 Å². The second kappa shape index (κ2) is 11.2. The van der Waals surface area contributed by atoms with Gasteiger partial charge in [0.25, 0.3) is 0 Å². The summed E-state index contributed by atoms with van der Waals surface area (Å²) in [7, 11) is 1.65. The molecule has 2 aliphatic rings. The van der Waals surface area contributed by atoms with Crippen molar-refractivity contribution in [3.8, 4) is 17.2 Å². The minimum atomic E-state index is -0.347. The summed E-state index contributed by atoms with van der Waals surface area (Å²) in [6.45, 7) is 2.82. The van der Waals surface area contributed by atoms with Gasteiger partial charge in [0.15, 0.2) is 11.5 Å². The Kier molecular flexibility index (Phi) is 7.57. The van der Waals surface area contributed by atoms with E-state index in [1.54, 1.807) is 7.11 Å². The molecule has 2 fully saturated rings. The maximum Gasteiger partial charge on any atom is 0.230 e. The number of nitrogens with one attached hydrogen (secondary N) is 1. The summed E-state index contributed by atoms with van der Waals surface area (Å²) in [5.74, 6) is 2.47. The summed E-state index contributed by atoms with van der Waals surface area (Å²) >= 11 is 0. The molecule has 1 N–H and O–H groups in total. The topological polar surface area (TPSA) is 50.8 Å². The number of ether oxygens (including phenoxy) is 2. The van der Waals surface area contributed by atoms with Gasteiger partial charge in [-0.3, -0.25) is 9.69 Å². The highest BCUT2D eigenvalue weighted by molar-refractivity contribution is 5.88. The van der Waals surface area contributed by atoms with E-state index in [2.05, 4.69) is 46.6 Å². The minimum absolute atomic E-state index is 0.228. The molecule has 5 heteroatoms. The lowest BCUT2D eigenvalue weighted by Gasteiger charge is -2.35. The summed E-state index contributed by atoms with van der Waals surface area (Å²) in [5.41, 5.74) is 2.05. The van der Waals surface area contributed by atoms with Crippen LogP contribution in [0, 0.1) is 0 Å². The third kappa shape index (κ3) is 5.41. The Labute approximate surface area is 214 Å². The number of carbonyl (C=O) groups is 1. The van der Waals surface area contributed by atoms with Gasteiger partial charge in [0.2, 0.25) is 5.91 Å². The second-order valence-electron chi connectivity index (χ2n) is 10.1. The smallest absolute Gasteiger partial charge is 0.230 e. The van der Waals surface area contributed by atoms with Gasteiger partial charge in [-0.1, -0.05) is 67.4 Å². The second-order valence-corrected chi connectivity index (χ2v) is 10.1. The van der Waals surface area contributed by atoms with Gasteiger partial charge in [-0.15, -0.1) is 0 Å². The normalized spacial score (nSPS) is 18.0. The fraction of sp³-hybridized carbons (Fsp3) is 0.387. The number of hydrogen-bond acceptors (Lipinski definition) is 4. The van der Waals surface area contributed by atoms with Gasteiger partial charge < -0.3 is 14.8 Å². The highest BCUT2D eigenvalue weighted by Gasteiger charge is 2.43. The molecule has 0 unspecified atom stereocenters. The fourth-order valence-corrected chi connectivity index (χ4v) is 5.74. The van der Waals surface area contributed by atoms with Crippen molar-refractivity contribution in [1.29, 1.82) is 0 Å². The number of piperidine rings is 1. The van der Waals surface area contributed by atoms with Crippen LogP contribution < -0.4 is 14.8 Å². The molecule has 0 spiro atoms. The van der Waals surface area contributed by atoms with E-state index in [4.69, 9.17) is 9.47 Å². The van der Waals surface area contributed by atoms with Crippen LogP contribution in [0.1, 0.15) is 49.7 Å². The first-order valence-corrected chi connectivity index (χ1v) is 13.1. The Hall–Kier alpha value is -3.31. The summed E-state index contributed by atoms with van der Waals surface area (Å²) in [4.78, 5) is 16.0. The molecule has 1 aliphatic carbocycles. The molecule has 0 atom stereocenters. The molecule has 3 aromatic carbocycles. The number of hydrogen-bond donors (Lipinski definition) is 1. The molecule has 5 nitrogen and oxygen atoms in total. The van der Waals surface area contributed by atoms with Crippen LogP contribution in [-0.4, -0.2) is 37.0 Å². The summed E-state index contributed by atoms with van der Waals surface area (Å²) < 4.78 is 11.5. The van der Waals surface area contributed by atoms with Gasteiger partial charge in [0.1, 0.15) is 5.75 Å². The molecule has 1 saturated heterocycles. The SMILES string of the molecule is COc1ccccc1Oc1cccc(CN2CCC(NC(=O)C3(c4ccccc4)CCCC3)CC2)c1. The van der Waals surface area contributed by atoms with E-state index in [0.717, 1.165) is 69.7 Å². The summed E-state index contributed by atoms with van der Waals surface area (Å²) in [6, 6.07) is 26.6. The Balaban J connectivity index is 1.16. The first kappa shape index (κ1) is 24.4. The van der Waals surface area contributed by atoms with Crippen LogP contribution >= 0.6 is 0 Å². The lowest BCUT2D eigenvalue weighted by Crippen LogP contribution is -2.50. The van der Waals surface area contributed by atoms with Crippen LogP contribution in [0.15, 0.2) is 78.9 Å². The Morgan fingerprint density at radius 3 is 2.33 bits per heavy atom. The van der Waals surface area contributed by atoms with Gasteiger partial charge in [-0.05, 0) is 61.1 Å². The Bertz CT molecular complexity index is 1150. The zero-order valence-electron chi connectivity index (χ0n) is 21.1. The molecule has 36 heavy (non-hydrogen) atoms. The van der Waals surface area contributed by atoms with Crippen molar-refractivity contribution in [3.05, 3.63) is 90.0 Å². The van der Waals surface area contributed by atoms with E-state index >= 15 is 0 Å². The van der Waals surface area contributed by atoms with Crippen molar-refractivity contribution in [2.75, 3.05) is 20.2 Å². The van der Waals surface area contributed by atoms with E-state index < -0.39 is 0 Å². The standard InChI is InChI=1S/C31H36N2O3/c1-35-28-14-5-6-15-29(28)36-27-13-9-10-24(22-27)23-33-20-16-26(17-21-33)32-30(34)31(18-7-8-19-31)25-11-3-2-4-12-25/h2-6,9-15,22,26H,7-8,16-21,23H2,1H3,(H,32,34). The maximum absolute atomic E-state index is 13.5. The first-order valence-electron chi connectivity index (χ1n) is 13.1. The summed E-state index contributed by atoms with van der Waals surface area (Å²) in [6.07, 6.45) is 6.12. The quantitative estimate of drug-likeness (QED) is 0.421. The first-order chi connectivity index (χ1) is 17.7. The van der Waals surface area contributed by atoms with Crippen LogP contribution in [0.2, 0.25) is 0 Å². The lowest BCUT2D eigenvalue weighted by atomic mass is 9.77. The average molecular weight is 485 g/mol. The van der Waals surface area contributed by atoms with Crippen molar-refractivity contribution in [2.24, 2.45) is 0 Å². The molecule has 1 saturated carbocycles. The predicted octanol–water partition coefficient (Wildman–Crippen LogP) is 6.08. The Morgan fingerprint density at radius 2 is 1.61 bits per heavy atom. The van der Waals surface area contributed by atoms with Crippen molar-refractivity contribution in [1.82, 2.24) is 10.2 Å². The molecule has 3 aromatic rings. The lowest BCUT2D eigenvalue weighted by molar-refractivity contribution is -0.127. The molecule has 188 valence electrons. The zero-order chi connectivity index (χ0) is 24.8. The molecule has 0 bridgehead atoms. The van der Waals surface area contributed by atoms with Gasteiger partial charge in [0.05, 0.1) is 12.5 Å². The molecular formula is C31H36N2O3.